The molecule has 1 fully saturated rings. The molecule has 84 heavy (non-hydrogen) atoms. The first-order chi connectivity index (χ1) is 41.3. The Balaban J connectivity index is 2.18. The molecule has 6 N–H and O–H groups in total. The number of amides is 1. The van der Waals surface area contributed by atoms with Crippen molar-refractivity contribution in [1.29, 1.82) is 0 Å². The van der Waals surface area contributed by atoms with E-state index >= 15 is 0 Å². The average molecular weight is 1170 g/mol. The lowest BCUT2D eigenvalue weighted by atomic mass is 9.99. The molecule has 9 heteroatoms. The molecule has 7 atom stereocenters. The van der Waals surface area contributed by atoms with Gasteiger partial charge < -0.3 is 40.3 Å². The van der Waals surface area contributed by atoms with Gasteiger partial charge in [0.15, 0.2) is 6.29 Å². The minimum absolute atomic E-state index is 0.156. The van der Waals surface area contributed by atoms with Crippen molar-refractivity contribution in [3.8, 4) is 0 Å². The summed E-state index contributed by atoms with van der Waals surface area (Å²) in [5.41, 5.74) is 0. The lowest BCUT2D eigenvalue weighted by molar-refractivity contribution is -0.302. The number of rotatable bonds is 57. The molecule has 0 radical (unpaired) electrons. The Morgan fingerprint density at radius 3 is 1.10 bits per heavy atom. The van der Waals surface area contributed by atoms with Gasteiger partial charge in [0.2, 0.25) is 5.91 Å². The topological polar surface area (TPSA) is 149 Å². The molecular weight excluding hydrogens is 1040 g/mol. The predicted octanol–water partition coefficient (Wildman–Crippen LogP) is 18.6. The lowest BCUT2D eigenvalue weighted by Crippen LogP contribution is -2.60. The molecule has 1 aliphatic heterocycles. The van der Waals surface area contributed by atoms with Crippen LogP contribution in [0.25, 0.3) is 0 Å². The van der Waals surface area contributed by atoms with Crippen molar-refractivity contribution in [3.05, 3.63) is 146 Å². The van der Waals surface area contributed by atoms with Crippen molar-refractivity contribution in [2.75, 3.05) is 13.2 Å². The minimum Gasteiger partial charge on any atom is -0.394 e. The first kappa shape index (κ1) is 78.1. The predicted molar refractivity (Wildman–Crippen MR) is 359 cm³/mol. The van der Waals surface area contributed by atoms with Crippen LogP contribution in [0.4, 0.5) is 0 Å². The monoisotopic (exact) mass is 1170 g/mol. The van der Waals surface area contributed by atoms with Crippen molar-refractivity contribution < 1.29 is 39.8 Å². The maximum Gasteiger partial charge on any atom is 0.220 e. The second kappa shape index (κ2) is 62.1. The number of allylic oxidation sites excluding steroid dienone is 24. The third kappa shape index (κ3) is 50.2. The van der Waals surface area contributed by atoms with Crippen LogP contribution in [0.3, 0.4) is 0 Å². The maximum atomic E-state index is 13.1. The molecule has 0 aromatic heterocycles. The second-order valence-electron chi connectivity index (χ2n) is 22.9. The molecule has 0 aromatic carbocycles. The van der Waals surface area contributed by atoms with Gasteiger partial charge in [-0.25, -0.2) is 0 Å². The molecule has 1 aliphatic rings. The molecule has 0 aliphatic carbocycles. The van der Waals surface area contributed by atoms with E-state index in [-0.39, 0.29) is 12.5 Å². The number of aliphatic hydroxyl groups is 5. The van der Waals surface area contributed by atoms with Gasteiger partial charge in [0.25, 0.3) is 0 Å². The van der Waals surface area contributed by atoms with Gasteiger partial charge in [0.1, 0.15) is 24.4 Å². The van der Waals surface area contributed by atoms with E-state index in [1.807, 2.05) is 0 Å². The fourth-order valence-electron chi connectivity index (χ4n) is 9.91. The summed E-state index contributed by atoms with van der Waals surface area (Å²) >= 11 is 0. The zero-order chi connectivity index (χ0) is 60.7. The molecule has 1 heterocycles. The van der Waals surface area contributed by atoms with Crippen molar-refractivity contribution in [2.45, 2.75) is 307 Å². The van der Waals surface area contributed by atoms with Crippen molar-refractivity contribution in [2.24, 2.45) is 0 Å². The molecule has 1 saturated heterocycles. The van der Waals surface area contributed by atoms with E-state index in [4.69, 9.17) is 9.47 Å². The number of hydrogen-bond donors (Lipinski definition) is 6. The fourth-order valence-corrected chi connectivity index (χ4v) is 9.91. The summed E-state index contributed by atoms with van der Waals surface area (Å²) in [6.45, 7) is 3.72. The highest BCUT2D eigenvalue weighted by atomic mass is 16.7. The van der Waals surface area contributed by atoms with Crippen LogP contribution < -0.4 is 5.32 Å². The third-order valence-corrected chi connectivity index (χ3v) is 15.2. The minimum atomic E-state index is -1.57. The maximum absolute atomic E-state index is 13.1. The fraction of sp³-hybridized carbons (Fsp3) is 0.667. The van der Waals surface area contributed by atoms with Crippen LogP contribution in [0.15, 0.2) is 146 Å². The van der Waals surface area contributed by atoms with Crippen molar-refractivity contribution in [1.82, 2.24) is 5.32 Å². The Kier molecular flexibility index (Phi) is 57.8. The van der Waals surface area contributed by atoms with Gasteiger partial charge in [-0.2, -0.15) is 0 Å². The van der Waals surface area contributed by atoms with E-state index in [1.54, 1.807) is 0 Å². The van der Waals surface area contributed by atoms with Gasteiger partial charge in [-0.3, -0.25) is 4.79 Å². The van der Waals surface area contributed by atoms with Gasteiger partial charge in [0, 0.05) is 6.42 Å². The van der Waals surface area contributed by atoms with E-state index in [1.165, 1.54) is 109 Å². The van der Waals surface area contributed by atoms with Crippen LogP contribution in [0.1, 0.15) is 264 Å². The summed E-state index contributed by atoms with van der Waals surface area (Å²) in [7, 11) is 0. The highest BCUT2D eigenvalue weighted by Crippen LogP contribution is 2.23. The van der Waals surface area contributed by atoms with Crippen LogP contribution in [0, 0.1) is 0 Å². The van der Waals surface area contributed by atoms with Gasteiger partial charge >= 0.3 is 0 Å². The SMILES string of the molecule is CC/C=C\C/C=C\C/C=C\C/C=C\C/C=C\C/C=C\C/C=C\C/C=C\C/C=C\C/C=C\C/C=C\C/C=C\CCCCCCC(=O)NC(COC1OC(CO)C(O)C(O)C1O)C(O)CCCCCCCCCCCCCCCCCCCCCC. The first-order valence-electron chi connectivity index (χ1n) is 34.0. The Hall–Kier alpha value is -3.93. The normalized spacial score (nSPS) is 19.2. The Bertz CT molecular complexity index is 1830. The largest absolute Gasteiger partial charge is 0.394 e. The molecule has 1 rings (SSSR count). The molecule has 0 aromatic rings. The second-order valence-corrected chi connectivity index (χ2v) is 22.9. The smallest absolute Gasteiger partial charge is 0.220 e. The molecule has 1 amide bonds. The van der Waals surface area contributed by atoms with E-state index in [0.29, 0.717) is 12.8 Å². The number of nitrogens with one attached hydrogen (secondary N) is 1. The molecule has 9 nitrogen and oxygen atoms in total. The first-order valence-corrected chi connectivity index (χ1v) is 34.0. The highest BCUT2D eigenvalue weighted by Gasteiger charge is 2.44. The zero-order valence-corrected chi connectivity index (χ0v) is 53.4. The third-order valence-electron chi connectivity index (χ3n) is 15.2. The summed E-state index contributed by atoms with van der Waals surface area (Å²) in [6, 6.07) is -0.744. The number of carbonyl (C=O) groups is 1. The molecule has 0 spiro atoms. The standard InChI is InChI=1S/C75H125NO8/c1-3-5-7-9-11-13-15-17-19-21-23-25-26-27-28-29-30-31-32-33-34-35-36-37-38-39-40-41-42-43-44-45-47-49-51-53-55-57-59-61-63-65-71(79)76-68(67-83-75-74(82)73(81)72(80)70(66-77)84-75)69(78)64-62-60-58-56-54-52-50-48-46-24-22-20-18-16-14-12-10-8-6-4-2/h5,7,11,13,17,19,23,25,27-28,30-31,33-34,36-37,39-40,42-43,45,47,51,53,68-70,72-75,77-78,80-82H,3-4,6,8-10,12,14-16,18,20-22,24,26,29,32,35,38,41,44,46,48-50,52,54-67H2,1-2H3,(H,76,79)/b7-5-,13-11-,19-17-,25-23-,28-27-,31-30-,34-33-,37-36-,40-39-,43-42-,47-45-,53-51-. The zero-order valence-electron chi connectivity index (χ0n) is 53.4. The summed E-state index contributed by atoms with van der Waals surface area (Å²) in [5, 5.41) is 54.8. The molecule has 0 saturated carbocycles. The van der Waals surface area contributed by atoms with Gasteiger partial charge in [-0.1, -0.05) is 301 Å². The molecular formula is C75H125NO8. The highest BCUT2D eigenvalue weighted by molar-refractivity contribution is 5.76. The van der Waals surface area contributed by atoms with E-state index < -0.39 is 49.5 Å². The van der Waals surface area contributed by atoms with Crippen molar-refractivity contribution >= 4 is 5.91 Å². The molecule has 7 unspecified atom stereocenters. The van der Waals surface area contributed by atoms with E-state index in [0.717, 1.165) is 128 Å². The van der Waals surface area contributed by atoms with Crippen LogP contribution in [-0.2, 0) is 14.3 Å². The van der Waals surface area contributed by atoms with Gasteiger partial charge in [-0.15, -0.1) is 0 Å². The van der Waals surface area contributed by atoms with Crippen LogP contribution in [-0.4, -0.2) is 87.5 Å². The Morgan fingerprint density at radius 1 is 0.417 bits per heavy atom. The summed E-state index contributed by atoms with van der Waals surface area (Å²) in [6.07, 6.45) is 88.9. The number of unbranched alkanes of at least 4 members (excludes halogenated alkanes) is 23. The van der Waals surface area contributed by atoms with Gasteiger partial charge in [0.05, 0.1) is 25.4 Å². The van der Waals surface area contributed by atoms with Crippen LogP contribution >= 0.6 is 0 Å². The van der Waals surface area contributed by atoms with Gasteiger partial charge in [-0.05, 0) is 103 Å². The number of ether oxygens (including phenoxy) is 2. The molecule has 478 valence electrons. The average Bonchev–Trinajstić information content (AvgIpc) is 3.70. The Morgan fingerprint density at radius 2 is 0.738 bits per heavy atom. The van der Waals surface area contributed by atoms with Crippen LogP contribution in [0.5, 0.6) is 0 Å². The van der Waals surface area contributed by atoms with E-state index in [9.17, 15) is 30.3 Å². The quantitative estimate of drug-likeness (QED) is 0.0261. The number of aliphatic hydroxyl groups excluding tert-OH is 5. The summed E-state index contributed by atoms with van der Waals surface area (Å²) < 4.78 is 11.3. The van der Waals surface area contributed by atoms with E-state index in [2.05, 4.69) is 165 Å². The summed E-state index contributed by atoms with van der Waals surface area (Å²) in [5.74, 6) is -0.172. The molecule has 0 bridgehead atoms. The Labute approximate surface area is 514 Å². The van der Waals surface area contributed by atoms with Crippen molar-refractivity contribution in [3.63, 3.8) is 0 Å². The number of carbonyl (C=O) groups excluding carboxylic acids is 1. The lowest BCUT2D eigenvalue weighted by Gasteiger charge is -2.40. The number of hydrogen-bond acceptors (Lipinski definition) is 8. The van der Waals surface area contributed by atoms with Crippen LogP contribution in [0.2, 0.25) is 0 Å². The summed E-state index contributed by atoms with van der Waals surface area (Å²) in [4.78, 5) is 13.1.